The van der Waals surface area contributed by atoms with E-state index in [-0.39, 0.29) is 0 Å². The number of ether oxygens (including phenoxy) is 3. The fourth-order valence-corrected chi connectivity index (χ4v) is 1.99. The van der Waals surface area contributed by atoms with Crippen LogP contribution in [-0.2, 0) is 13.2 Å². The molecule has 0 aromatic heterocycles. The van der Waals surface area contributed by atoms with Gasteiger partial charge in [0.05, 0.1) is 13.7 Å². The summed E-state index contributed by atoms with van der Waals surface area (Å²) < 4.78 is 16.7. The van der Waals surface area contributed by atoms with E-state index in [1.165, 1.54) is 0 Å². The third-order valence-corrected chi connectivity index (χ3v) is 3.07. The highest BCUT2D eigenvalue weighted by Gasteiger charge is 2.07. The molecule has 21 heavy (non-hydrogen) atoms. The van der Waals surface area contributed by atoms with Gasteiger partial charge in [0.1, 0.15) is 12.4 Å². The summed E-state index contributed by atoms with van der Waals surface area (Å²) in [6.45, 7) is 3.47. The molecule has 0 bridgehead atoms. The number of benzene rings is 2. The Bertz CT molecular complexity index is 584. The van der Waals surface area contributed by atoms with E-state index in [2.05, 4.69) is 0 Å². The number of nitrogens with two attached hydrogens (primary N) is 1. The van der Waals surface area contributed by atoms with Crippen molar-refractivity contribution >= 4 is 0 Å². The van der Waals surface area contributed by atoms with Gasteiger partial charge in [0.25, 0.3) is 0 Å². The Kier molecular flexibility index (Phi) is 5.46. The minimum Gasteiger partial charge on any atom is -0.497 e. The van der Waals surface area contributed by atoms with Crippen LogP contribution >= 0.6 is 0 Å². The highest BCUT2D eigenvalue weighted by molar-refractivity contribution is 5.43. The second kappa shape index (κ2) is 7.55. The molecule has 2 N–H and O–H groups in total. The van der Waals surface area contributed by atoms with Crippen LogP contribution in [0, 0.1) is 0 Å². The van der Waals surface area contributed by atoms with Crippen molar-refractivity contribution in [3.8, 4) is 17.2 Å². The van der Waals surface area contributed by atoms with Crippen molar-refractivity contribution in [1.82, 2.24) is 0 Å². The molecule has 0 atom stereocenters. The van der Waals surface area contributed by atoms with Crippen LogP contribution in [-0.4, -0.2) is 13.7 Å². The molecule has 0 saturated carbocycles. The van der Waals surface area contributed by atoms with Gasteiger partial charge >= 0.3 is 0 Å². The van der Waals surface area contributed by atoms with Gasteiger partial charge in [-0.1, -0.05) is 18.2 Å². The van der Waals surface area contributed by atoms with Crippen LogP contribution in [0.4, 0.5) is 0 Å². The first-order valence-electron chi connectivity index (χ1n) is 6.98. The molecule has 2 aromatic rings. The Morgan fingerprint density at radius 1 is 0.952 bits per heavy atom. The molecule has 0 aliphatic rings. The van der Waals surface area contributed by atoms with Crippen molar-refractivity contribution in [3.05, 3.63) is 53.6 Å². The molecular formula is C17H21NO3. The van der Waals surface area contributed by atoms with Crippen LogP contribution < -0.4 is 19.9 Å². The van der Waals surface area contributed by atoms with Crippen molar-refractivity contribution in [2.24, 2.45) is 5.73 Å². The molecule has 0 saturated heterocycles. The van der Waals surface area contributed by atoms with Gasteiger partial charge in [-0.15, -0.1) is 0 Å². The van der Waals surface area contributed by atoms with Crippen LogP contribution in [0.2, 0.25) is 0 Å². The Balaban J connectivity index is 2.11. The normalized spacial score (nSPS) is 10.2. The molecule has 0 radical (unpaired) electrons. The van der Waals surface area contributed by atoms with Crippen molar-refractivity contribution in [3.63, 3.8) is 0 Å². The lowest BCUT2D eigenvalue weighted by Crippen LogP contribution is -2.02. The van der Waals surface area contributed by atoms with Crippen molar-refractivity contribution < 1.29 is 14.2 Å². The molecule has 0 unspecified atom stereocenters. The second-order valence-corrected chi connectivity index (χ2v) is 4.56. The highest BCUT2D eigenvalue weighted by atomic mass is 16.5. The summed E-state index contributed by atoms with van der Waals surface area (Å²) in [4.78, 5) is 0. The third-order valence-electron chi connectivity index (χ3n) is 3.07. The average molecular weight is 287 g/mol. The van der Waals surface area contributed by atoms with Crippen LogP contribution in [0.3, 0.4) is 0 Å². The Morgan fingerprint density at radius 2 is 1.81 bits per heavy atom. The summed E-state index contributed by atoms with van der Waals surface area (Å²) in [5.41, 5.74) is 7.71. The zero-order valence-electron chi connectivity index (χ0n) is 12.5. The predicted molar refractivity (Wildman–Crippen MR) is 82.8 cm³/mol. The molecule has 112 valence electrons. The van der Waals surface area contributed by atoms with Gasteiger partial charge < -0.3 is 19.9 Å². The Labute approximate surface area is 125 Å². The minimum absolute atomic E-state index is 0.458. The van der Waals surface area contributed by atoms with Crippen molar-refractivity contribution in [2.75, 3.05) is 13.7 Å². The molecule has 0 fully saturated rings. The standard InChI is InChI=1S/C17H21NO3/c1-3-20-17-10-13(11-18)7-8-16(17)21-12-14-5-4-6-15(9-14)19-2/h4-10H,3,11-12,18H2,1-2H3. The second-order valence-electron chi connectivity index (χ2n) is 4.56. The molecule has 0 amide bonds. The van der Waals surface area contributed by atoms with E-state index in [1.807, 2.05) is 49.4 Å². The van der Waals surface area contributed by atoms with Crippen LogP contribution in [0.5, 0.6) is 17.2 Å². The zero-order chi connectivity index (χ0) is 15.1. The number of methoxy groups -OCH3 is 1. The van der Waals surface area contributed by atoms with Gasteiger partial charge in [-0.05, 0) is 42.3 Å². The van der Waals surface area contributed by atoms with E-state index in [0.29, 0.717) is 19.8 Å². The average Bonchev–Trinajstić information content (AvgIpc) is 2.54. The Hall–Kier alpha value is -2.20. The quantitative estimate of drug-likeness (QED) is 0.850. The van der Waals surface area contributed by atoms with Gasteiger partial charge in [0.2, 0.25) is 0 Å². The third kappa shape index (κ3) is 4.13. The van der Waals surface area contributed by atoms with E-state index >= 15 is 0 Å². The number of hydrogen-bond donors (Lipinski definition) is 1. The van der Waals surface area contributed by atoms with Crippen LogP contribution in [0.25, 0.3) is 0 Å². The van der Waals surface area contributed by atoms with E-state index in [4.69, 9.17) is 19.9 Å². The highest BCUT2D eigenvalue weighted by Crippen LogP contribution is 2.29. The van der Waals surface area contributed by atoms with Gasteiger partial charge in [0.15, 0.2) is 11.5 Å². The number of rotatable bonds is 7. The largest absolute Gasteiger partial charge is 0.497 e. The van der Waals surface area contributed by atoms with Crippen molar-refractivity contribution in [2.45, 2.75) is 20.1 Å². The topological polar surface area (TPSA) is 53.7 Å². The molecule has 0 aliphatic heterocycles. The summed E-state index contributed by atoms with van der Waals surface area (Å²) in [7, 11) is 1.65. The van der Waals surface area contributed by atoms with Crippen LogP contribution in [0.1, 0.15) is 18.1 Å². The molecule has 0 spiro atoms. The minimum atomic E-state index is 0.458. The fraction of sp³-hybridized carbons (Fsp3) is 0.294. The van der Waals surface area contributed by atoms with Gasteiger partial charge in [-0.2, -0.15) is 0 Å². The molecule has 2 aromatic carbocycles. The lowest BCUT2D eigenvalue weighted by Gasteiger charge is -2.13. The summed E-state index contributed by atoms with van der Waals surface area (Å²) in [6, 6.07) is 13.6. The Morgan fingerprint density at radius 3 is 2.52 bits per heavy atom. The maximum absolute atomic E-state index is 5.85. The molecule has 0 heterocycles. The molecule has 4 heteroatoms. The summed E-state index contributed by atoms with van der Waals surface area (Å²) in [5.74, 6) is 2.26. The fourth-order valence-electron chi connectivity index (χ4n) is 1.99. The predicted octanol–water partition coefficient (Wildman–Crippen LogP) is 3.13. The molecule has 4 nitrogen and oxygen atoms in total. The summed E-state index contributed by atoms with van der Waals surface area (Å²) in [5, 5.41) is 0. The van der Waals surface area contributed by atoms with E-state index in [1.54, 1.807) is 7.11 Å². The van der Waals surface area contributed by atoms with Gasteiger partial charge in [-0.3, -0.25) is 0 Å². The number of hydrogen-bond acceptors (Lipinski definition) is 4. The first-order chi connectivity index (χ1) is 10.3. The lowest BCUT2D eigenvalue weighted by atomic mass is 10.2. The first kappa shape index (κ1) is 15.2. The maximum atomic E-state index is 5.85. The first-order valence-corrected chi connectivity index (χ1v) is 6.98. The summed E-state index contributed by atoms with van der Waals surface area (Å²) >= 11 is 0. The molecule has 2 rings (SSSR count). The van der Waals surface area contributed by atoms with Crippen molar-refractivity contribution in [1.29, 1.82) is 0 Å². The molecule has 0 aliphatic carbocycles. The van der Waals surface area contributed by atoms with E-state index in [0.717, 1.165) is 28.4 Å². The van der Waals surface area contributed by atoms with Gasteiger partial charge in [0, 0.05) is 6.54 Å². The van der Waals surface area contributed by atoms with Crippen LogP contribution in [0.15, 0.2) is 42.5 Å². The zero-order valence-corrected chi connectivity index (χ0v) is 12.5. The lowest BCUT2D eigenvalue weighted by molar-refractivity contribution is 0.268. The smallest absolute Gasteiger partial charge is 0.161 e. The monoisotopic (exact) mass is 287 g/mol. The van der Waals surface area contributed by atoms with Gasteiger partial charge in [-0.25, -0.2) is 0 Å². The SMILES string of the molecule is CCOc1cc(CN)ccc1OCc1cccc(OC)c1. The summed E-state index contributed by atoms with van der Waals surface area (Å²) in [6.07, 6.45) is 0. The maximum Gasteiger partial charge on any atom is 0.161 e. The van der Waals surface area contributed by atoms with E-state index in [9.17, 15) is 0 Å². The van der Waals surface area contributed by atoms with E-state index < -0.39 is 0 Å². The molecular weight excluding hydrogens is 266 g/mol.